The molecular weight excluding hydrogens is 711 g/mol. The first kappa shape index (κ1) is 38.6. The SMILES string of the molecule is CC(=O)Oc1cc(OC(C)=O)cc(Oc2c(OC(C)=O)cc(Oc3c(OC(C)=O)c(Cl)c(OC(C)=O)c(Cl)c3OC(C)=O)cc2OC(C)=O)c1. The Morgan fingerprint density at radius 2 is 0.660 bits per heavy atom. The number of ether oxygens (including phenoxy) is 9. The number of carbonyl (C=O) groups excluding carboxylic acids is 7. The van der Waals surface area contributed by atoms with E-state index in [1.165, 1.54) is 18.2 Å². The predicted octanol–water partition coefficient (Wildman–Crippen LogP) is 6.06. The summed E-state index contributed by atoms with van der Waals surface area (Å²) >= 11 is 12.8. The first-order valence-electron chi connectivity index (χ1n) is 13.9. The maximum atomic E-state index is 12.2. The number of halogens is 2. The van der Waals surface area contributed by atoms with E-state index in [2.05, 4.69) is 0 Å². The molecule has 3 rings (SSSR count). The van der Waals surface area contributed by atoms with Crippen molar-refractivity contribution in [2.24, 2.45) is 0 Å². The van der Waals surface area contributed by atoms with Crippen LogP contribution in [0.1, 0.15) is 48.5 Å². The lowest BCUT2D eigenvalue weighted by Crippen LogP contribution is -2.11. The van der Waals surface area contributed by atoms with Gasteiger partial charge in [-0.25, -0.2) is 0 Å². The summed E-state index contributed by atoms with van der Waals surface area (Å²) in [5.74, 6) is -10.5. The van der Waals surface area contributed by atoms with Crippen molar-refractivity contribution in [3.63, 3.8) is 0 Å². The van der Waals surface area contributed by atoms with Gasteiger partial charge in [-0.15, -0.1) is 0 Å². The van der Waals surface area contributed by atoms with E-state index < -0.39 is 92.1 Å². The van der Waals surface area contributed by atoms with E-state index in [1.54, 1.807) is 0 Å². The van der Waals surface area contributed by atoms with Gasteiger partial charge in [-0.2, -0.15) is 0 Å². The number of benzene rings is 3. The molecule has 0 amide bonds. The summed E-state index contributed by atoms with van der Waals surface area (Å²) in [4.78, 5) is 83.6. The third kappa shape index (κ3) is 10.6. The molecule has 0 spiro atoms. The highest BCUT2D eigenvalue weighted by Gasteiger charge is 2.32. The Bertz CT molecular complexity index is 1800. The molecule has 18 heteroatoms. The molecule has 0 aromatic heterocycles. The molecule has 0 aliphatic heterocycles. The van der Waals surface area contributed by atoms with Crippen molar-refractivity contribution in [2.75, 3.05) is 0 Å². The third-order valence-corrected chi connectivity index (χ3v) is 5.95. The highest BCUT2D eigenvalue weighted by atomic mass is 35.5. The fourth-order valence-electron chi connectivity index (χ4n) is 3.86. The molecule has 16 nitrogen and oxygen atoms in total. The first-order valence-corrected chi connectivity index (χ1v) is 14.6. The van der Waals surface area contributed by atoms with Crippen LogP contribution in [0.25, 0.3) is 0 Å². The van der Waals surface area contributed by atoms with Crippen LogP contribution in [0, 0.1) is 0 Å². The van der Waals surface area contributed by atoms with Crippen LogP contribution in [-0.4, -0.2) is 41.8 Å². The fraction of sp³-hybridized carbons (Fsp3) is 0.219. The van der Waals surface area contributed by atoms with Crippen molar-refractivity contribution in [2.45, 2.75) is 48.5 Å². The molecule has 0 heterocycles. The largest absolute Gasteiger partial charge is 0.449 e. The topological polar surface area (TPSA) is 203 Å². The van der Waals surface area contributed by atoms with Crippen molar-refractivity contribution in [1.82, 2.24) is 0 Å². The van der Waals surface area contributed by atoms with Gasteiger partial charge in [0.15, 0.2) is 28.7 Å². The number of hydrogen-bond acceptors (Lipinski definition) is 16. The van der Waals surface area contributed by atoms with Gasteiger partial charge in [0.25, 0.3) is 0 Å². The minimum atomic E-state index is -0.948. The van der Waals surface area contributed by atoms with Crippen LogP contribution in [0.2, 0.25) is 10.0 Å². The van der Waals surface area contributed by atoms with Gasteiger partial charge in [0.05, 0.1) is 0 Å². The van der Waals surface area contributed by atoms with E-state index in [0.717, 1.165) is 60.6 Å². The van der Waals surface area contributed by atoms with Gasteiger partial charge in [-0.1, -0.05) is 23.2 Å². The van der Waals surface area contributed by atoms with Gasteiger partial charge < -0.3 is 42.6 Å². The summed E-state index contributed by atoms with van der Waals surface area (Å²) in [5, 5.41) is -1.11. The third-order valence-electron chi connectivity index (χ3n) is 5.27. The monoisotopic (exact) mass is 736 g/mol. The molecule has 0 bridgehead atoms. The number of rotatable bonds is 11. The Hall–Kier alpha value is -5.87. The summed E-state index contributed by atoms with van der Waals surface area (Å²) in [6.45, 7) is 7.34. The normalized spacial score (nSPS) is 10.3. The fourth-order valence-corrected chi connectivity index (χ4v) is 4.43. The summed E-state index contributed by atoms with van der Waals surface area (Å²) < 4.78 is 48.1. The van der Waals surface area contributed by atoms with Gasteiger partial charge in [0.2, 0.25) is 11.5 Å². The minimum Gasteiger partial charge on any atom is -0.449 e. The second kappa shape index (κ2) is 16.5. The Labute approximate surface area is 292 Å². The second-order valence-corrected chi connectivity index (χ2v) is 10.4. The lowest BCUT2D eigenvalue weighted by molar-refractivity contribution is -0.133. The van der Waals surface area contributed by atoms with Crippen molar-refractivity contribution in [1.29, 1.82) is 0 Å². The average Bonchev–Trinajstić information content (AvgIpc) is 2.95. The molecule has 0 aliphatic rings. The zero-order valence-corrected chi connectivity index (χ0v) is 28.7. The van der Waals surface area contributed by atoms with E-state index in [0.29, 0.717) is 0 Å². The van der Waals surface area contributed by atoms with Crippen LogP contribution in [0.3, 0.4) is 0 Å². The summed E-state index contributed by atoms with van der Waals surface area (Å²) in [7, 11) is 0. The highest BCUT2D eigenvalue weighted by molar-refractivity contribution is 6.40. The molecule has 0 saturated carbocycles. The summed E-state index contributed by atoms with van der Waals surface area (Å²) in [5.41, 5.74) is 0. The van der Waals surface area contributed by atoms with E-state index in [9.17, 15) is 33.6 Å². The first-order chi connectivity index (χ1) is 23.3. The molecule has 50 heavy (non-hydrogen) atoms. The van der Waals surface area contributed by atoms with E-state index in [-0.39, 0.29) is 23.0 Å². The zero-order chi connectivity index (χ0) is 37.4. The van der Waals surface area contributed by atoms with E-state index >= 15 is 0 Å². The molecule has 264 valence electrons. The molecule has 0 aliphatic carbocycles. The van der Waals surface area contributed by atoms with Gasteiger partial charge in [0.1, 0.15) is 33.0 Å². The van der Waals surface area contributed by atoms with Crippen molar-refractivity contribution in [3.8, 4) is 63.2 Å². The summed E-state index contributed by atoms with van der Waals surface area (Å²) in [6.07, 6.45) is 0. The molecule has 0 unspecified atom stereocenters. The molecule has 3 aromatic rings. The smallest absolute Gasteiger partial charge is 0.308 e. The Morgan fingerprint density at radius 3 is 1.02 bits per heavy atom. The van der Waals surface area contributed by atoms with Gasteiger partial charge in [0, 0.05) is 78.8 Å². The minimum absolute atomic E-state index is 0.115. The molecule has 0 saturated heterocycles. The van der Waals surface area contributed by atoms with Crippen LogP contribution in [0.5, 0.6) is 63.2 Å². The maximum absolute atomic E-state index is 12.2. The van der Waals surface area contributed by atoms with Gasteiger partial charge >= 0.3 is 41.8 Å². The lowest BCUT2D eigenvalue weighted by atomic mass is 10.2. The Kier molecular flexibility index (Phi) is 12.7. The number of hydrogen-bond donors (Lipinski definition) is 0. The van der Waals surface area contributed by atoms with Crippen LogP contribution >= 0.6 is 23.2 Å². The van der Waals surface area contributed by atoms with Crippen LogP contribution in [0.15, 0.2) is 30.3 Å². The van der Waals surface area contributed by atoms with Crippen LogP contribution in [0.4, 0.5) is 0 Å². The number of esters is 7. The Morgan fingerprint density at radius 1 is 0.360 bits per heavy atom. The Balaban J connectivity index is 2.33. The molecule has 0 N–H and O–H groups in total. The van der Waals surface area contributed by atoms with Gasteiger partial charge in [-0.05, 0) is 0 Å². The highest BCUT2D eigenvalue weighted by Crippen LogP contribution is 2.56. The van der Waals surface area contributed by atoms with Crippen LogP contribution in [-0.2, 0) is 33.6 Å². The van der Waals surface area contributed by atoms with E-state index in [1.807, 2.05) is 0 Å². The van der Waals surface area contributed by atoms with E-state index in [4.69, 9.17) is 65.8 Å². The van der Waals surface area contributed by atoms with Gasteiger partial charge in [-0.3, -0.25) is 33.6 Å². The lowest BCUT2D eigenvalue weighted by Gasteiger charge is -2.21. The molecular formula is C32H26Cl2O16. The van der Waals surface area contributed by atoms with Crippen molar-refractivity contribution in [3.05, 3.63) is 40.4 Å². The standard InChI is InChI=1S/C32H26Cl2O16/c1-13(35)42-20-8-21(43-14(2)36)10-22(9-20)49-28-24(44-15(3)37)11-23(12-25(28)45-16(4)38)50-32-30(47-18(6)40)26(33)29(46-17(5)39)27(34)31(32)48-19(7)41/h8-12H,1-7H3. The summed E-state index contributed by atoms with van der Waals surface area (Å²) in [6, 6.07) is 5.72. The number of carbonyl (C=O) groups is 7. The average molecular weight is 737 g/mol. The molecule has 0 fully saturated rings. The molecule has 0 radical (unpaired) electrons. The quantitative estimate of drug-likeness (QED) is 0.162. The van der Waals surface area contributed by atoms with Crippen LogP contribution < -0.4 is 42.6 Å². The maximum Gasteiger partial charge on any atom is 0.308 e. The second-order valence-electron chi connectivity index (χ2n) is 9.69. The molecule has 3 aromatic carbocycles. The predicted molar refractivity (Wildman–Crippen MR) is 169 cm³/mol. The van der Waals surface area contributed by atoms with Crippen molar-refractivity contribution >= 4 is 65.0 Å². The molecule has 0 atom stereocenters. The zero-order valence-electron chi connectivity index (χ0n) is 27.2. The van der Waals surface area contributed by atoms with Crippen molar-refractivity contribution < 1.29 is 76.2 Å².